The van der Waals surface area contributed by atoms with Gasteiger partial charge < -0.3 is 14.7 Å². The summed E-state index contributed by atoms with van der Waals surface area (Å²) < 4.78 is 0. The number of hydrogen-bond acceptors (Lipinski definition) is 3. The molecular formula is C24H33N3O3. The summed E-state index contributed by atoms with van der Waals surface area (Å²) in [6.45, 7) is 2.83. The van der Waals surface area contributed by atoms with E-state index in [2.05, 4.69) is 0 Å². The number of nitrogens with zero attached hydrogens (tertiary/aromatic N) is 3. The lowest BCUT2D eigenvalue weighted by Gasteiger charge is -2.38. The van der Waals surface area contributed by atoms with Crippen molar-refractivity contribution in [1.29, 1.82) is 0 Å². The van der Waals surface area contributed by atoms with Crippen LogP contribution in [0.2, 0.25) is 0 Å². The molecule has 2 heterocycles. The summed E-state index contributed by atoms with van der Waals surface area (Å²) in [6, 6.07) is 9.33. The molecule has 0 N–H and O–H groups in total. The predicted molar refractivity (Wildman–Crippen MR) is 115 cm³/mol. The summed E-state index contributed by atoms with van der Waals surface area (Å²) in [7, 11) is 1.74. The second kappa shape index (κ2) is 8.78. The van der Waals surface area contributed by atoms with Crippen molar-refractivity contribution in [2.24, 2.45) is 11.3 Å². The Bertz CT molecular complexity index is 782. The number of likely N-dealkylation sites (N-methyl/N-ethyl adjacent to an activating group) is 1. The van der Waals surface area contributed by atoms with E-state index < -0.39 is 0 Å². The van der Waals surface area contributed by atoms with Crippen molar-refractivity contribution < 1.29 is 14.4 Å². The zero-order valence-corrected chi connectivity index (χ0v) is 18.0. The average molecular weight is 412 g/mol. The van der Waals surface area contributed by atoms with Crippen LogP contribution in [0.3, 0.4) is 0 Å². The Morgan fingerprint density at radius 3 is 2.30 bits per heavy atom. The molecule has 0 bridgehead atoms. The van der Waals surface area contributed by atoms with E-state index >= 15 is 0 Å². The summed E-state index contributed by atoms with van der Waals surface area (Å²) in [4.78, 5) is 44.5. The van der Waals surface area contributed by atoms with Crippen molar-refractivity contribution in [3.8, 4) is 0 Å². The highest BCUT2D eigenvalue weighted by molar-refractivity contribution is 5.95. The van der Waals surface area contributed by atoms with Crippen LogP contribution in [0.5, 0.6) is 0 Å². The van der Waals surface area contributed by atoms with Gasteiger partial charge >= 0.3 is 0 Å². The monoisotopic (exact) mass is 411 g/mol. The number of benzene rings is 1. The lowest BCUT2D eigenvalue weighted by molar-refractivity contribution is -0.143. The van der Waals surface area contributed by atoms with Crippen LogP contribution in [0.25, 0.3) is 0 Å². The van der Waals surface area contributed by atoms with Crippen molar-refractivity contribution >= 4 is 17.7 Å². The third-order valence-electron chi connectivity index (χ3n) is 7.31. The highest BCUT2D eigenvalue weighted by Crippen LogP contribution is 2.48. The second-order valence-electron chi connectivity index (χ2n) is 9.31. The Morgan fingerprint density at radius 2 is 1.63 bits per heavy atom. The van der Waals surface area contributed by atoms with Gasteiger partial charge in [0.25, 0.3) is 5.91 Å². The maximum atomic E-state index is 13.5. The minimum absolute atomic E-state index is 0.00615. The first-order valence-corrected chi connectivity index (χ1v) is 11.4. The van der Waals surface area contributed by atoms with Gasteiger partial charge in [-0.05, 0) is 37.8 Å². The molecule has 3 amide bonds. The van der Waals surface area contributed by atoms with Gasteiger partial charge in [-0.2, -0.15) is 0 Å². The highest BCUT2D eigenvalue weighted by Gasteiger charge is 2.52. The van der Waals surface area contributed by atoms with Crippen LogP contribution in [-0.2, 0) is 9.59 Å². The van der Waals surface area contributed by atoms with Crippen LogP contribution in [0.15, 0.2) is 30.3 Å². The third kappa shape index (κ3) is 4.09. The first-order valence-electron chi connectivity index (χ1n) is 11.4. The molecule has 1 aromatic carbocycles. The number of carbonyl (C=O) groups excluding carboxylic acids is 3. The average Bonchev–Trinajstić information content (AvgIpc) is 3.43. The zero-order valence-electron chi connectivity index (χ0n) is 18.0. The summed E-state index contributed by atoms with van der Waals surface area (Å²) >= 11 is 0. The van der Waals surface area contributed by atoms with E-state index in [1.807, 2.05) is 40.1 Å². The van der Waals surface area contributed by atoms with Gasteiger partial charge in [0.15, 0.2) is 0 Å². The minimum atomic E-state index is -0.221. The highest BCUT2D eigenvalue weighted by atomic mass is 16.2. The van der Waals surface area contributed by atoms with Crippen LogP contribution < -0.4 is 0 Å². The van der Waals surface area contributed by atoms with Gasteiger partial charge in [-0.1, -0.05) is 37.5 Å². The van der Waals surface area contributed by atoms with Crippen LogP contribution in [0.1, 0.15) is 55.3 Å². The smallest absolute Gasteiger partial charge is 0.253 e. The number of likely N-dealkylation sites (tertiary alicyclic amines) is 2. The largest absolute Gasteiger partial charge is 0.341 e. The van der Waals surface area contributed by atoms with E-state index in [1.54, 1.807) is 11.9 Å². The van der Waals surface area contributed by atoms with Crippen molar-refractivity contribution in [2.45, 2.75) is 44.9 Å². The van der Waals surface area contributed by atoms with E-state index in [-0.39, 0.29) is 35.6 Å². The molecule has 1 unspecified atom stereocenters. The van der Waals surface area contributed by atoms with Crippen LogP contribution >= 0.6 is 0 Å². The topological polar surface area (TPSA) is 60.9 Å². The lowest BCUT2D eigenvalue weighted by atomic mass is 9.67. The molecule has 1 saturated carbocycles. The molecule has 1 aromatic rings. The molecule has 1 spiro atoms. The summed E-state index contributed by atoms with van der Waals surface area (Å²) in [5.74, 6) is -0.155. The van der Waals surface area contributed by atoms with Gasteiger partial charge in [0, 0.05) is 44.2 Å². The molecule has 3 aliphatic rings. The zero-order chi connectivity index (χ0) is 21.1. The molecule has 2 aliphatic heterocycles. The van der Waals surface area contributed by atoms with E-state index in [1.165, 1.54) is 6.42 Å². The normalized spacial score (nSPS) is 23.0. The van der Waals surface area contributed by atoms with Crippen molar-refractivity contribution in [1.82, 2.24) is 14.7 Å². The summed E-state index contributed by atoms with van der Waals surface area (Å²) in [5.41, 5.74) is 0.527. The van der Waals surface area contributed by atoms with Gasteiger partial charge in [-0.3, -0.25) is 14.4 Å². The van der Waals surface area contributed by atoms with Crippen LogP contribution in [-0.4, -0.2) is 72.2 Å². The Hall–Kier alpha value is -2.37. The molecule has 2 saturated heterocycles. The Balaban J connectivity index is 1.49. The molecule has 162 valence electrons. The maximum Gasteiger partial charge on any atom is 0.253 e. The Morgan fingerprint density at radius 1 is 0.967 bits per heavy atom. The van der Waals surface area contributed by atoms with Crippen molar-refractivity contribution in [2.75, 3.05) is 39.8 Å². The maximum absolute atomic E-state index is 13.5. The van der Waals surface area contributed by atoms with Crippen LogP contribution in [0, 0.1) is 11.3 Å². The Labute approximate surface area is 179 Å². The Kier molecular flexibility index (Phi) is 6.11. The number of rotatable bonds is 4. The second-order valence-corrected chi connectivity index (χ2v) is 9.31. The SMILES string of the molecule is CN(CC(=O)N1CCCC1)C(=O)C1CN(C(=O)c2ccccc2)CC12CCCCC2. The fourth-order valence-corrected chi connectivity index (χ4v) is 5.60. The first-order chi connectivity index (χ1) is 14.5. The van der Waals surface area contributed by atoms with Gasteiger partial charge in [0.2, 0.25) is 11.8 Å². The molecule has 30 heavy (non-hydrogen) atoms. The van der Waals surface area contributed by atoms with Gasteiger partial charge in [0.05, 0.1) is 12.5 Å². The summed E-state index contributed by atoms with van der Waals surface area (Å²) in [5, 5.41) is 0. The third-order valence-corrected chi connectivity index (χ3v) is 7.31. The standard InChI is InChI=1S/C24H33N3O3/c1-25(17-21(28)26-14-8-9-15-26)23(30)20-16-27(18-24(20)12-6-3-7-13-24)22(29)19-10-4-2-5-11-19/h2,4-5,10-11,20H,3,6-9,12-18H2,1H3. The number of carbonyl (C=O) groups is 3. The number of amides is 3. The van der Waals surface area contributed by atoms with Gasteiger partial charge in [-0.25, -0.2) is 0 Å². The van der Waals surface area contributed by atoms with E-state index in [0.717, 1.165) is 51.6 Å². The number of hydrogen-bond donors (Lipinski definition) is 0. The first kappa shape index (κ1) is 20.9. The molecular weight excluding hydrogens is 378 g/mol. The molecule has 0 aromatic heterocycles. The fraction of sp³-hybridized carbons (Fsp3) is 0.625. The molecule has 1 atom stereocenters. The molecule has 4 rings (SSSR count). The lowest BCUT2D eigenvalue weighted by Crippen LogP contribution is -2.46. The van der Waals surface area contributed by atoms with Gasteiger partial charge in [0.1, 0.15) is 0 Å². The predicted octanol–water partition coefficient (Wildman–Crippen LogP) is 2.79. The summed E-state index contributed by atoms with van der Waals surface area (Å²) in [6.07, 6.45) is 7.46. The molecule has 3 fully saturated rings. The van der Waals surface area contributed by atoms with E-state index in [0.29, 0.717) is 18.7 Å². The van der Waals surface area contributed by atoms with Gasteiger partial charge in [-0.15, -0.1) is 0 Å². The molecule has 6 nitrogen and oxygen atoms in total. The van der Waals surface area contributed by atoms with Crippen LogP contribution in [0.4, 0.5) is 0 Å². The minimum Gasteiger partial charge on any atom is -0.341 e. The quantitative estimate of drug-likeness (QED) is 0.765. The van der Waals surface area contributed by atoms with Crippen molar-refractivity contribution in [3.05, 3.63) is 35.9 Å². The molecule has 6 heteroatoms. The van der Waals surface area contributed by atoms with E-state index in [4.69, 9.17) is 0 Å². The van der Waals surface area contributed by atoms with E-state index in [9.17, 15) is 14.4 Å². The van der Waals surface area contributed by atoms with Crippen molar-refractivity contribution in [3.63, 3.8) is 0 Å². The molecule has 0 radical (unpaired) electrons. The molecule has 1 aliphatic carbocycles. The fourth-order valence-electron chi connectivity index (χ4n) is 5.60.